The third kappa shape index (κ3) is 5.01. The van der Waals surface area contributed by atoms with Gasteiger partial charge in [-0.2, -0.15) is 5.10 Å². The predicted molar refractivity (Wildman–Crippen MR) is 141 cm³/mol. The van der Waals surface area contributed by atoms with E-state index < -0.39 is 23.3 Å². The number of carbonyl (C=O) groups is 2. The van der Waals surface area contributed by atoms with Crippen molar-refractivity contribution in [2.45, 2.75) is 13.0 Å². The van der Waals surface area contributed by atoms with E-state index in [1.54, 1.807) is 56.7 Å². The lowest BCUT2D eigenvalue weighted by Crippen LogP contribution is -2.50. The van der Waals surface area contributed by atoms with E-state index in [0.29, 0.717) is 28.4 Å². The molecule has 2 aromatic heterocycles. The van der Waals surface area contributed by atoms with Gasteiger partial charge in [-0.25, -0.2) is 4.68 Å². The summed E-state index contributed by atoms with van der Waals surface area (Å²) in [6.45, 7) is 1.62. The maximum Gasteiger partial charge on any atom is 0.276 e. The van der Waals surface area contributed by atoms with Crippen LogP contribution in [0.4, 0.5) is 5.69 Å². The number of pyridine rings is 1. The Morgan fingerprint density at radius 3 is 2.50 bits per heavy atom. The summed E-state index contributed by atoms with van der Waals surface area (Å²) < 4.78 is 7.37. The Bertz CT molecular complexity index is 1640. The molecule has 2 amide bonds. The van der Waals surface area contributed by atoms with Gasteiger partial charge >= 0.3 is 0 Å². The number of ether oxygens (including phenoxy) is 1. The van der Waals surface area contributed by atoms with Crippen molar-refractivity contribution in [1.82, 2.24) is 20.1 Å². The quantitative estimate of drug-likeness (QED) is 0.429. The minimum absolute atomic E-state index is 0.108. The lowest BCUT2D eigenvalue weighted by molar-refractivity contribution is -0.120. The van der Waals surface area contributed by atoms with Crippen molar-refractivity contribution in [1.29, 1.82) is 0 Å². The number of aromatic nitrogens is 3. The number of anilines is 1. The Labute approximate surface area is 218 Å². The zero-order chi connectivity index (χ0) is 26.6. The monoisotopic (exact) mass is 505 g/mol. The molecule has 38 heavy (non-hydrogen) atoms. The van der Waals surface area contributed by atoms with Gasteiger partial charge in [0.15, 0.2) is 5.69 Å². The van der Waals surface area contributed by atoms with Gasteiger partial charge in [0.25, 0.3) is 11.8 Å². The zero-order valence-electron chi connectivity index (χ0n) is 20.7. The second-order valence-electron chi connectivity index (χ2n) is 8.65. The first-order valence-electron chi connectivity index (χ1n) is 11.8. The summed E-state index contributed by atoms with van der Waals surface area (Å²) in [6, 6.07) is 18.4. The Hall–Kier alpha value is -5.23. The normalized spacial score (nSPS) is 14.4. The number of hydrogen-bond acceptors (Lipinski definition) is 6. The van der Waals surface area contributed by atoms with E-state index in [0.717, 1.165) is 5.56 Å². The zero-order valence-corrected chi connectivity index (χ0v) is 20.7. The van der Waals surface area contributed by atoms with Crippen LogP contribution in [0.5, 0.6) is 5.75 Å². The molecule has 0 aliphatic carbocycles. The summed E-state index contributed by atoms with van der Waals surface area (Å²) in [5.41, 5.74) is 2.45. The number of carbonyl (C=O) groups excluding carboxylic acids is 2. The molecule has 3 heterocycles. The van der Waals surface area contributed by atoms with Gasteiger partial charge in [-0.15, -0.1) is 0 Å². The van der Waals surface area contributed by atoms with Crippen LogP contribution in [-0.2, 0) is 4.79 Å². The molecule has 188 valence electrons. The molecule has 1 aliphatic heterocycles. The van der Waals surface area contributed by atoms with Crippen LogP contribution >= 0.6 is 0 Å². The van der Waals surface area contributed by atoms with Gasteiger partial charge in [0, 0.05) is 42.3 Å². The average molecular weight is 506 g/mol. The number of rotatable bonds is 3. The SMILES string of the molecule is Cc1cc(=O)c(C(=O)N[C@H]2COc3ccc(C#Cc4ccncc4)cc3N(C)C2=O)nn1-c1ccccc1. The summed E-state index contributed by atoms with van der Waals surface area (Å²) in [5.74, 6) is 5.46. The molecule has 9 nitrogen and oxygen atoms in total. The lowest BCUT2D eigenvalue weighted by Gasteiger charge is -2.20. The predicted octanol–water partition coefficient (Wildman–Crippen LogP) is 2.49. The van der Waals surface area contributed by atoms with Crippen molar-refractivity contribution in [2.75, 3.05) is 18.6 Å². The van der Waals surface area contributed by atoms with Crippen LogP contribution in [0.15, 0.2) is 83.9 Å². The Balaban J connectivity index is 1.37. The molecule has 0 bridgehead atoms. The minimum Gasteiger partial charge on any atom is -0.489 e. The number of nitrogens with one attached hydrogen (secondary N) is 1. The number of nitrogens with zero attached hydrogens (tertiary/aromatic N) is 4. The smallest absolute Gasteiger partial charge is 0.276 e. The number of likely N-dealkylation sites (N-methyl/N-ethyl adjacent to an activating group) is 1. The first-order valence-corrected chi connectivity index (χ1v) is 11.8. The molecule has 4 aromatic rings. The molecule has 5 rings (SSSR count). The van der Waals surface area contributed by atoms with Gasteiger partial charge in [-0.3, -0.25) is 19.4 Å². The summed E-state index contributed by atoms with van der Waals surface area (Å²) in [6.07, 6.45) is 3.33. The van der Waals surface area contributed by atoms with Gasteiger partial charge in [0.05, 0.1) is 11.4 Å². The molecule has 9 heteroatoms. The molecule has 0 fully saturated rings. The number of aryl methyl sites for hydroxylation is 1. The van der Waals surface area contributed by atoms with Crippen molar-refractivity contribution < 1.29 is 14.3 Å². The van der Waals surface area contributed by atoms with Crippen molar-refractivity contribution in [3.8, 4) is 23.3 Å². The van der Waals surface area contributed by atoms with E-state index in [-0.39, 0.29) is 12.3 Å². The van der Waals surface area contributed by atoms with Crippen LogP contribution < -0.4 is 20.4 Å². The highest BCUT2D eigenvalue weighted by Crippen LogP contribution is 2.31. The second-order valence-corrected chi connectivity index (χ2v) is 8.65. The molecule has 0 radical (unpaired) electrons. The van der Waals surface area contributed by atoms with Gasteiger partial charge in [0.2, 0.25) is 5.43 Å². The fourth-order valence-electron chi connectivity index (χ4n) is 4.02. The van der Waals surface area contributed by atoms with Crippen LogP contribution in [0.25, 0.3) is 5.69 Å². The van der Waals surface area contributed by atoms with Crippen LogP contribution in [0.3, 0.4) is 0 Å². The van der Waals surface area contributed by atoms with Crippen LogP contribution in [0, 0.1) is 18.8 Å². The summed E-state index contributed by atoms with van der Waals surface area (Å²) >= 11 is 0. The van der Waals surface area contributed by atoms with Crippen LogP contribution in [0.2, 0.25) is 0 Å². The fraction of sp³-hybridized carbons (Fsp3) is 0.138. The molecular formula is C29H23N5O4. The average Bonchev–Trinajstić information content (AvgIpc) is 3.05. The number of fused-ring (bicyclic) bond motifs is 1. The van der Waals surface area contributed by atoms with Crippen LogP contribution in [0.1, 0.15) is 27.3 Å². The van der Waals surface area contributed by atoms with Crippen molar-refractivity contribution in [3.63, 3.8) is 0 Å². The van der Waals surface area contributed by atoms with Gasteiger partial charge < -0.3 is 15.0 Å². The fourth-order valence-corrected chi connectivity index (χ4v) is 4.02. The van der Waals surface area contributed by atoms with E-state index in [9.17, 15) is 14.4 Å². The largest absolute Gasteiger partial charge is 0.489 e. The maximum atomic E-state index is 13.3. The molecule has 0 saturated carbocycles. The third-order valence-electron chi connectivity index (χ3n) is 6.01. The highest BCUT2D eigenvalue weighted by atomic mass is 16.5. The van der Waals surface area contributed by atoms with E-state index >= 15 is 0 Å². The number of para-hydroxylation sites is 1. The molecule has 2 aromatic carbocycles. The van der Waals surface area contributed by atoms with E-state index in [1.807, 2.05) is 30.3 Å². The molecule has 1 atom stereocenters. The Morgan fingerprint density at radius 2 is 1.74 bits per heavy atom. The highest BCUT2D eigenvalue weighted by Gasteiger charge is 2.32. The van der Waals surface area contributed by atoms with Crippen LogP contribution in [-0.4, -0.2) is 46.3 Å². The first-order chi connectivity index (χ1) is 18.4. The second kappa shape index (κ2) is 10.4. The van der Waals surface area contributed by atoms with Gasteiger partial charge in [-0.05, 0) is 49.4 Å². The van der Waals surface area contributed by atoms with Gasteiger partial charge in [0.1, 0.15) is 18.4 Å². The summed E-state index contributed by atoms with van der Waals surface area (Å²) in [5, 5.41) is 6.90. The first kappa shape index (κ1) is 24.5. The molecule has 1 aliphatic rings. The molecule has 0 unspecified atom stereocenters. The number of amides is 2. The Morgan fingerprint density at radius 1 is 1.00 bits per heavy atom. The highest BCUT2D eigenvalue weighted by molar-refractivity contribution is 6.02. The third-order valence-corrected chi connectivity index (χ3v) is 6.01. The van der Waals surface area contributed by atoms with Gasteiger partial charge in [-0.1, -0.05) is 30.0 Å². The number of benzene rings is 2. The topological polar surface area (TPSA) is 106 Å². The summed E-state index contributed by atoms with van der Waals surface area (Å²) in [7, 11) is 1.60. The van der Waals surface area contributed by atoms with E-state index in [4.69, 9.17) is 4.74 Å². The van der Waals surface area contributed by atoms with Crippen molar-refractivity contribution in [2.24, 2.45) is 0 Å². The Kier molecular flexibility index (Phi) is 6.70. The molecule has 0 saturated heterocycles. The van der Waals surface area contributed by atoms with E-state index in [2.05, 4.69) is 27.2 Å². The van der Waals surface area contributed by atoms with E-state index in [1.165, 1.54) is 15.6 Å². The lowest BCUT2D eigenvalue weighted by atomic mass is 10.1. The molecule has 1 N–H and O–H groups in total. The minimum atomic E-state index is -1.03. The summed E-state index contributed by atoms with van der Waals surface area (Å²) in [4.78, 5) is 44.4. The molecular weight excluding hydrogens is 482 g/mol. The van der Waals surface area contributed by atoms with Crippen molar-refractivity contribution in [3.05, 3.63) is 112 Å². The number of hydrogen-bond donors (Lipinski definition) is 1. The standard InChI is InChI=1S/C29H23N5O4/c1-19-16-25(35)27(32-34(19)22-6-4-3-5-7-22)28(36)31-23-18-38-26-11-10-21(17-24(26)33(2)29(23)37)9-8-20-12-14-30-15-13-20/h3-7,10-17,23H,18H2,1-2H3,(H,31,36)/t23-/m0/s1. The maximum absolute atomic E-state index is 13.3. The molecule has 0 spiro atoms. The van der Waals surface area contributed by atoms with Crippen molar-refractivity contribution >= 4 is 17.5 Å².